The molecular weight excluding hydrogens is 397 g/mol. The van der Waals surface area contributed by atoms with Crippen molar-refractivity contribution >= 4 is 21.8 Å². The quantitative estimate of drug-likeness (QED) is 0.724. The summed E-state index contributed by atoms with van der Waals surface area (Å²) in [6.45, 7) is 3.63. The Hall–Kier alpha value is -2.78. The first-order valence-corrected chi connectivity index (χ1v) is 10.8. The van der Waals surface area contributed by atoms with Gasteiger partial charge in [0.1, 0.15) is 23.9 Å². The van der Waals surface area contributed by atoms with E-state index in [0.717, 1.165) is 13.1 Å². The van der Waals surface area contributed by atoms with E-state index in [0.29, 0.717) is 31.0 Å². The number of sulfonamides is 1. The molecule has 0 saturated carbocycles. The van der Waals surface area contributed by atoms with Crippen molar-refractivity contribution in [2.45, 2.75) is 4.90 Å². The Labute approximate surface area is 168 Å². The van der Waals surface area contributed by atoms with Crippen molar-refractivity contribution in [1.29, 1.82) is 0 Å². The van der Waals surface area contributed by atoms with E-state index < -0.39 is 21.8 Å². The first-order valence-electron chi connectivity index (χ1n) is 9.40. The predicted octanol–water partition coefficient (Wildman–Crippen LogP) is 0.332. The lowest BCUT2D eigenvalue weighted by Gasteiger charge is -2.33. The van der Waals surface area contributed by atoms with E-state index in [4.69, 9.17) is 4.74 Å². The molecule has 1 saturated heterocycles. The minimum atomic E-state index is -3.62. The molecule has 4 rings (SSSR count). The van der Waals surface area contributed by atoms with Gasteiger partial charge in [-0.1, -0.05) is 24.3 Å². The fourth-order valence-corrected chi connectivity index (χ4v) is 4.82. The molecule has 2 aliphatic rings. The number of nitrogens with zero attached hydrogens (tertiary/aromatic N) is 2. The number of quaternary nitrogens is 1. The molecular formula is C20H21FN3O4S+. The summed E-state index contributed by atoms with van der Waals surface area (Å²) in [7, 11) is -3.62. The lowest BCUT2D eigenvalue weighted by Crippen LogP contribution is -3.15. The number of carbonyl (C=O) groups excluding carboxylic acids is 1. The monoisotopic (exact) mass is 418 g/mol. The van der Waals surface area contributed by atoms with Crippen LogP contribution in [-0.2, 0) is 14.8 Å². The molecule has 9 heteroatoms. The van der Waals surface area contributed by atoms with Crippen molar-refractivity contribution < 1.29 is 27.2 Å². The molecule has 7 nitrogen and oxygen atoms in total. The van der Waals surface area contributed by atoms with Crippen molar-refractivity contribution in [2.24, 2.45) is 4.40 Å². The van der Waals surface area contributed by atoms with Gasteiger partial charge in [0.15, 0.2) is 5.84 Å². The highest BCUT2D eigenvalue weighted by atomic mass is 32.2. The van der Waals surface area contributed by atoms with E-state index in [2.05, 4.69) is 4.40 Å². The lowest BCUT2D eigenvalue weighted by atomic mass is 10.1. The largest absolute Gasteiger partial charge is 0.456 e. The number of rotatable bonds is 4. The molecule has 29 heavy (non-hydrogen) atoms. The summed E-state index contributed by atoms with van der Waals surface area (Å²) in [5.41, 5.74) is 0.584. The third-order valence-electron chi connectivity index (χ3n) is 5.17. The molecule has 0 bridgehead atoms. The summed E-state index contributed by atoms with van der Waals surface area (Å²) in [6.07, 6.45) is 0. The van der Waals surface area contributed by atoms with Crippen molar-refractivity contribution in [3.05, 3.63) is 65.5 Å². The SMILES string of the molecule is O=C(OCC[NH+]1CCN(C2=NS(=O)(=O)c3ccccc32)CC1)c1ccccc1F. The smallest absolute Gasteiger partial charge is 0.341 e. The fraction of sp³-hybridized carbons (Fsp3) is 0.300. The first-order chi connectivity index (χ1) is 14.0. The van der Waals surface area contributed by atoms with Gasteiger partial charge in [0, 0.05) is 5.56 Å². The van der Waals surface area contributed by atoms with Gasteiger partial charge >= 0.3 is 5.97 Å². The second kappa shape index (κ2) is 7.92. The molecule has 0 aromatic heterocycles. The average molecular weight is 418 g/mol. The van der Waals surface area contributed by atoms with E-state index in [9.17, 15) is 17.6 Å². The van der Waals surface area contributed by atoms with E-state index in [1.54, 1.807) is 30.3 Å². The standard InChI is InChI=1S/C20H20FN3O4S/c21-17-7-3-1-5-15(17)20(25)28-14-13-23-9-11-24(12-10-23)19-16-6-2-4-8-18(16)29(26,27)22-19/h1-8H,9-14H2/p+1. The molecule has 2 heterocycles. The van der Waals surface area contributed by atoms with Gasteiger partial charge in [0.05, 0.1) is 31.7 Å². The van der Waals surface area contributed by atoms with E-state index >= 15 is 0 Å². The minimum absolute atomic E-state index is 0.0635. The molecule has 152 valence electrons. The second-order valence-corrected chi connectivity index (χ2v) is 8.56. The molecule has 0 amide bonds. The molecule has 2 aromatic carbocycles. The summed E-state index contributed by atoms with van der Waals surface area (Å²) < 4.78 is 47.2. The van der Waals surface area contributed by atoms with Crippen LogP contribution in [0.2, 0.25) is 0 Å². The molecule has 0 spiro atoms. The molecule has 0 aliphatic carbocycles. The maximum Gasteiger partial charge on any atom is 0.341 e. The molecule has 0 radical (unpaired) electrons. The Morgan fingerprint density at radius 3 is 2.55 bits per heavy atom. The molecule has 0 unspecified atom stereocenters. The highest BCUT2D eigenvalue weighted by Gasteiger charge is 2.33. The van der Waals surface area contributed by atoms with Gasteiger partial charge in [0.2, 0.25) is 0 Å². The van der Waals surface area contributed by atoms with Crippen LogP contribution < -0.4 is 4.90 Å². The van der Waals surface area contributed by atoms with Gasteiger partial charge in [-0.15, -0.1) is 4.40 Å². The number of esters is 1. The number of ether oxygens (including phenoxy) is 1. The maximum atomic E-state index is 13.6. The van der Waals surface area contributed by atoms with Gasteiger partial charge in [0.25, 0.3) is 10.0 Å². The zero-order chi connectivity index (χ0) is 20.4. The first kappa shape index (κ1) is 19.5. The van der Waals surface area contributed by atoms with Crippen LogP contribution in [0.15, 0.2) is 57.8 Å². The minimum Gasteiger partial charge on any atom is -0.456 e. The highest BCUT2D eigenvalue weighted by Crippen LogP contribution is 2.27. The third kappa shape index (κ3) is 4.01. The number of piperazine rings is 1. The number of hydrogen-bond acceptors (Lipinski definition) is 5. The van der Waals surface area contributed by atoms with Crippen molar-refractivity contribution in [2.75, 3.05) is 39.3 Å². The highest BCUT2D eigenvalue weighted by molar-refractivity contribution is 7.90. The number of benzene rings is 2. The molecule has 2 aromatic rings. The fourth-order valence-electron chi connectivity index (χ4n) is 3.59. The summed E-state index contributed by atoms with van der Waals surface area (Å²) in [4.78, 5) is 15.4. The molecule has 2 aliphatic heterocycles. The molecule has 1 N–H and O–H groups in total. The van der Waals surface area contributed by atoms with Gasteiger partial charge in [-0.2, -0.15) is 8.42 Å². The maximum absolute atomic E-state index is 13.6. The van der Waals surface area contributed by atoms with Crippen LogP contribution in [-0.4, -0.2) is 64.5 Å². The topological polar surface area (TPSA) is 80.5 Å². The van der Waals surface area contributed by atoms with Crippen molar-refractivity contribution in [1.82, 2.24) is 4.90 Å². The van der Waals surface area contributed by atoms with Crippen LogP contribution in [0.5, 0.6) is 0 Å². The van der Waals surface area contributed by atoms with E-state index in [1.165, 1.54) is 23.1 Å². The zero-order valence-electron chi connectivity index (χ0n) is 15.7. The lowest BCUT2D eigenvalue weighted by molar-refractivity contribution is -0.904. The summed E-state index contributed by atoms with van der Waals surface area (Å²) in [6, 6.07) is 12.6. The Morgan fingerprint density at radius 2 is 1.79 bits per heavy atom. The number of carbonyl (C=O) groups is 1. The third-order valence-corrected chi connectivity index (χ3v) is 6.49. The van der Waals surface area contributed by atoms with Crippen LogP contribution in [0.1, 0.15) is 15.9 Å². The van der Waals surface area contributed by atoms with Crippen LogP contribution in [0, 0.1) is 5.82 Å². The Bertz CT molecular complexity index is 1060. The average Bonchev–Trinajstić information content (AvgIpc) is 3.00. The number of fused-ring (bicyclic) bond motifs is 1. The van der Waals surface area contributed by atoms with E-state index in [-0.39, 0.29) is 17.1 Å². The van der Waals surface area contributed by atoms with Gasteiger partial charge in [-0.05, 0) is 24.3 Å². The van der Waals surface area contributed by atoms with Gasteiger partial charge in [-0.3, -0.25) is 0 Å². The number of nitrogens with one attached hydrogen (secondary N) is 1. The zero-order valence-corrected chi connectivity index (χ0v) is 16.5. The summed E-state index contributed by atoms with van der Waals surface area (Å²) in [5.74, 6) is -0.750. The second-order valence-electron chi connectivity index (χ2n) is 6.99. The van der Waals surface area contributed by atoms with Gasteiger partial charge < -0.3 is 14.5 Å². The molecule has 0 atom stereocenters. The van der Waals surface area contributed by atoms with Crippen molar-refractivity contribution in [3.8, 4) is 0 Å². The van der Waals surface area contributed by atoms with Crippen LogP contribution in [0.3, 0.4) is 0 Å². The normalized spacial score (nSPS) is 18.2. The van der Waals surface area contributed by atoms with Crippen LogP contribution in [0.25, 0.3) is 0 Å². The van der Waals surface area contributed by atoms with E-state index in [1.807, 2.05) is 4.90 Å². The van der Waals surface area contributed by atoms with Gasteiger partial charge in [-0.25, -0.2) is 9.18 Å². The Kier molecular flexibility index (Phi) is 5.33. The summed E-state index contributed by atoms with van der Waals surface area (Å²) in [5, 5.41) is 0. The van der Waals surface area contributed by atoms with Crippen LogP contribution >= 0.6 is 0 Å². The number of amidine groups is 1. The Morgan fingerprint density at radius 1 is 1.10 bits per heavy atom. The molecule has 1 fully saturated rings. The number of halogens is 1. The number of hydrogen-bond donors (Lipinski definition) is 1. The Balaban J connectivity index is 1.30. The van der Waals surface area contributed by atoms with Crippen LogP contribution in [0.4, 0.5) is 4.39 Å². The summed E-state index contributed by atoms with van der Waals surface area (Å²) >= 11 is 0. The predicted molar refractivity (Wildman–Crippen MR) is 104 cm³/mol. The van der Waals surface area contributed by atoms with Crippen molar-refractivity contribution in [3.63, 3.8) is 0 Å².